The largest absolute Gasteiger partial charge is 0.391 e. The number of carbonyl (C=O) groups excluding carboxylic acids is 1. The van der Waals surface area contributed by atoms with Crippen molar-refractivity contribution in [1.29, 1.82) is 0 Å². The third kappa shape index (κ3) is 3.64. The standard InChI is InChI=1S/C18H23NO3/c1-3-5-12-19-16(15(20)9-4-2)17(18(19)21)22-13-14-10-7-6-8-11-14/h3-4,6-8,10-11,15-17,20H,1-2,5,9,12-13H2/t15-,16-,17-/m1/s1. The summed E-state index contributed by atoms with van der Waals surface area (Å²) in [5, 5.41) is 10.3. The maximum Gasteiger partial charge on any atom is 0.254 e. The Labute approximate surface area is 131 Å². The summed E-state index contributed by atoms with van der Waals surface area (Å²) in [6.07, 6.45) is 3.33. The summed E-state index contributed by atoms with van der Waals surface area (Å²) in [6, 6.07) is 9.39. The van der Waals surface area contributed by atoms with E-state index in [1.54, 1.807) is 17.1 Å². The van der Waals surface area contributed by atoms with Gasteiger partial charge in [0, 0.05) is 6.54 Å². The van der Waals surface area contributed by atoms with Crippen molar-refractivity contribution in [2.45, 2.75) is 37.7 Å². The number of hydrogen-bond acceptors (Lipinski definition) is 3. The number of hydrogen-bond donors (Lipinski definition) is 1. The van der Waals surface area contributed by atoms with E-state index >= 15 is 0 Å². The molecule has 4 heteroatoms. The van der Waals surface area contributed by atoms with E-state index in [1.165, 1.54) is 0 Å². The van der Waals surface area contributed by atoms with Gasteiger partial charge in [-0.15, -0.1) is 13.2 Å². The number of ether oxygens (including phenoxy) is 1. The first kappa shape index (κ1) is 16.5. The van der Waals surface area contributed by atoms with Crippen molar-refractivity contribution >= 4 is 5.91 Å². The van der Waals surface area contributed by atoms with Gasteiger partial charge in [0.15, 0.2) is 6.10 Å². The first-order valence-corrected chi connectivity index (χ1v) is 7.55. The molecule has 1 fully saturated rings. The smallest absolute Gasteiger partial charge is 0.254 e. The minimum atomic E-state index is -0.652. The molecule has 1 saturated heterocycles. The average Bonchev–Trinajstić information content (AvgIpc) is 2.53. The van der Waals surface area contributed by atoms with Gasteiger partial charge in [-0.1, -0.05) is 42.5 Å². The third-order valence-electron chi connectivity index (χ3n) is 3.85. The van der Waals surface area contributed by atoms with Crippen molar-refractivity contribution in [2.24, 2.45) is 0 Å². The Morgan fingerprint density at radius 3 is 2.64 bits per heavy atom. The molecule has 0 bridgehead atoms. The van der Waals surface area contributed by atoms with Gasteiger partial charge in [0.25, 0.3) is 5.91 Å². The average molecular weight is 301 g/mol. The van der Waals surface area contributed by atoms with E-state index in [9.17, 15) is 9.90 Å². The van der Waals surface area contributed by atoms with Gasteiger partial charge in [-0.25, -0.2) is 0 Å². The summed E-state index contributed by atoms with van der Waals surface area (Å²) < 4.78 is 5.76. The number of carbonyl (C=O) groups is 1. The Morgan fingerprint density at radius 1 is 1.27 bits per heavy atom. The minimum Gasteiger partial charge on any atom is -0.391 e. The second-order valence-corrected chi connectivity index (χ2v) is 5.41. The SMILES string of the molecule is C=CCCN1C(=O)[C@H](OCc2ccccc2)[C@H]1[C@H](O)CC=C. The van der Waals surface area contributed by atoms with E-state index in [2.05, 4.69) is 13.2 Å². The van der Waals surface area contributed by atoms with Crippen LogP contribution in [0.5, 0.6) is 0 Å². The molecule has 2 rings (SSSR count). The van der Waals surface area contributed by atoms with Gasteiger partial charge in [0.05, 0.1) is 18.8 Å². The van der Waals surface area contributed by atoms with Crippen LogP contribution in [0.25, 0.3) is 0 Å². The summed E-state index contributed by atoms with van der Waals surface area (Å²) in [7, 11) is 0. The molecule has 4 nitrogen and oxygen atoms in total. The third-order valence-corrected chi connectivity index (χ3v) is 3.85. The molecule has 0 aromatic heterocycles. The predicted molar refractivity (Wildman–Crippen MR) is 86.2 cm³/mol. The zero-order valence-corrected chi connectivity index (χ0v) is 12.7. The summed E-state index contributed by atoms with van der Waals surface area (Å²) in [6.45, 7) is 8.24. The van der Waals surface area contributed by atoms with Gasteiger partial charge < -0.3 is 14.7 Å². The maximum absolute atomic E-state index is 12.2. The fourth-order valence-electron chi connectivity index (χ4n) is 2.68. The van der Waals surface area contributed by atoms with Gasteiger partial charge in [0.2, 0.25) is 0 Å². The van der Waals surface area contributed by atoms with Gasteiger partial charge in [-0.3, -0.25) is 4.79 Å². The lowest BCUT2D eigenvalue weighted by Gasteiger charge is -2.48. The van der Waals surface area contributed by atoms with Crippen molar-refractivity contribution in [3.63, 3.8) is 0 Å². The van der Waals surface area contributed by atoms with Crippen LogP contribution >= 0.6 is 0 Å². The van der Waals surface area contributed by atoms with Crippen molar-refractivity contribution in [3.8, 4) is 0 Å². The van der Waals surface area contributed by atoms with Gasteiger partial charge in [0.1, 0.15) is 0 Å². The van der Waals surface area contributed by atoms with Gasteiger partial charge in [-0.2, -0.15) is 0 Å². The topological polar surface area (TPSA) is 49.8 Å². The Bertz CT molecular complexity index is 514. The summed E-state index contributed by atoms with van der Waals surface area (Å²) in [4.78, 5) is 13.9. The van der Waals surface area contributed by atoms with Crippen LogP contribution in [0.15, 0.2) is 55.6 Å². The second-order valence-electron chi connectivity index (χ2n) is 5.41. The highest BCUT2D eigenvalue weighted by molar-refractivity contribution is 5.88. The molecule has 0 unspecified atom stereocenters. The molecule has 1 aliphatic rings. The number of β-lactam (4-membered cyclic amide) rings is 1. The van der Waals surface area contributed by atoms with Crippen LogP contribution in [0.3, 0.4) is 0 Å². The van der Waals surface area contributed by atoms with Crippen molar-refractivity contribution in [2.75, 3.05) is 6.54 Å². The van der Waals surface area contributed by atoms with Crippen LogP contribution in [0.4, 0.5) is 0 Å². The number of aliphatic hydroxyl groups is 1. The fraction of sp³-hybridized carbons (Fsp3) is 0.389. The second kappa shape index (κ2) is 7.92. The molecule has 1 aromatic rings. The highest BCUT2D eigenvalue weighted by atomic mass is 16.5. The van der Waals surface area contributed by atoms with Crippen LogP contribution in [-0.4, -0.2) is 40.7 Å². The number of likely N-dealkylation sites (tertiary alicyclic amines) is 1. The molecular weight excluding hydrogens is 278 g/mol. The monoisotopic (exact) mass is 301 g/mol. The van der Waals surface area contributed by atoms with Crippen LogP contribution in [0, 0.1) is 0 Å². The molecule has 0 saturated carbocycles. The van der Waals surface area contributed by atoms with Gasteiger partial charge >= 0.3 is 0 Å². The number of amides is 1. The van der Waals surface area contributed by atoms with Crippen molar-refractivity contribution < 1.29 is 14.6 Å². The number of rotatable bonds is 9. The molecule has 3 atom stereocenters. The maximum atomic E-state index is 12.2. The lowest BCUT2D eigenvalue weighted by Crippen LogP contribution is -2.69. The molecule has 0 aliphatic carbocycles. The molecule has 1 aliphatic heterocycles. The number of benzene rings is 1. The normalized spacial score (nSPS) is 22.0. The first-order chi connectivity index (χ1) is 10.7. The molecule has 1 amide bonds. The highest BCUT2D eigenvalue weighted by Crippen LogP contribution is 2.28. The molecule has 1 N–H and O–H groups in total. The fourth-order valence-corrected chi connectivity index (χ4v) is 2.68. The lowest BCUT2D eigenvalue weighted by molar-refractivity contribution is -0.186. The molecule has 0 spiro atoms. The molecular formula is C18H23NO3. The summed E-state index contributed by atoms with van der Waals surface area (Å²) >= 11 is 0. The highest BCUT2D eigenvalue weighted by Gasteiger charge is 2.50. The van der Waals surface area contributed by atoms with Crippen molar-refractivity contribution in [1.82, 2.24) is 4.90 Å². The van der Waals surface area contributed by atoms with E-state index < -0.39 is 12.2 Å². The quantitative estimate of drug-likeness (QED) is 0.562. The molecule has 1 heterocycles. The van der Waals surface area contributed by atoms with E-state index in [0.29, 0.717) is 26.0 Å². The zero-order valence-electron chi connectivity index (χ0n) is 12.7. The Balaban J connectivity index is 1.99. The summed E-state index contributed by atoms with van der Waals surface area (Å²) in [5.41, 5.74) is 1.01. The zero-order chi connectivity index (χ0) is 15.9. The Morgan fingerprint density at radius 2 is 2.00 bits per heavy atom. The van der Waals surface area contributed by atoms with E-state index in [-0.39, 0.29) is 11.9 Å². The lowest BCUT2D eigenvalue weighted by atomic mass is 9.90. The molecule has 22 heavy (non-hydrogen) atoms. The van der Waals surface area contributed by atoms with Crippen LogP contribution < -0.4 is 0 Å². The van der Waals surface area contributed by atoms with Crippen LogP contribution in [0.2, 0.25) is 0 Å². The summed E-state index contributed by atoms with van der Waals surface area (Å²) in [5.74, 6) is -0.0640. The first-order valence-electron chi connectivity index (χ1n) is 7.55. The van der Waals surface area contributed by atoms with Crippen LogP contribution in [0.1, 0.15) is 18.4 Å². The Kier molecular flexibility index (Phi) is 5.92. The Hall–Kier alpha value is -1.91. The van der Waals surface area contributed by atoms with E-state index in [1.807, 2.05) is 30.3 Å². The number of nitrogens with zero attached hydrogens (tertiary/aromatic N) is 1. The number of aliphatic hydroxyl groups excluding tert-OH is 1. The minimum absolute atomic E-state index is 0.0640. The molecule has 118 valence electrons. The van der Waals surface area contributed by atoms with E-state index in [0.717, 1.165) is 5.56 Å². The molecule has 1 aromatic carbocycles. The molecule has 0 radical (unpaired) electrons. The van der Waals surface area contributed by atoms with Crippen molar-refractivity contribution in [3.05, 3.63) is 61.2 Å². The van der Waals surface area contributed by atoms with Crippen LogP contribution in [-0.2, 0) is 16.1 Å². The van der Waals surface area contributed by atoms with E-state index in [4.69, 9.17) is 4.74 Å². The van der Waals surface area contributed by atoms with Gasteiger partial charge in [-0.05, 0) is 18.4 Å². The predicted octanol–water partition coefficient (Wildman–Crippen LogP) is 2.30.